The van der Waals surface area contributed by atoms with Crippen molar-refractivity contribution in [1.29, 1.82) is 0 Å². The highest BCUT2D eigenvalue weighted by molar-refractivity contribution is 7.89. The van der Waals surface area contributed by atoms with Crippen LogP contribution in [0.3, 0.4) is 0 Å². The summed E-state index contributed by atoms with van der Waals surface area (Å²) in [5.41, 5.74) is 3.81. The van der Waals surface area contributed by atoms with Crippen molar-refractivity contribution in [1.82, 2.24) is 9.29 Å². The molecule has 1 amide bonds. The van der Waals surface area contributed by atoms with Crippen LogP contribution in [0.4, 0.5) is 5.69 Å². The number of aryl methyl sites for hydroxylation is 1. The molecule has 0 aliphatic rings. The van der Waals surface area contributed by atoms with Gasteiger partial charge in [-0.1, -0.05) is 43.7 Å². The van der Waals surface area contributed by atoms with E-state index in [0.717, 1.165) is 11.3 Å². The van der Waals surface area contributed by atoms with Crippen LogP contribution in [0.1, 0.15) is 37.1 Å². The van der Waals surface area contributed by atoms with Gasteiger partial charge in [0.05, 0.1) is 11.4 Å². The monoisotopic (exact) mass is 439 g/mol. The molecule has 6 nitrogen and oxygen atoms in total. The van der Waals surface area contributed by atoms with E-state index in [-0.39, 0.29) is 23.3 Å². The van der Waals surface area contributed by atoms with Gasteiger partial charge >= 0.3 is 0 Å². The molecule has 3 rings (SSSR count). The highest BCUT2D eigenvalue weighted by atomic mass is 32.2. The molecular weight excluding hydrogens is 410 g/mol. The van der Waals surface area contributed by atoms with Crippen LogP contribution in [0, 0.1) is 12.8 Å². The first-order valence-corrected chi connectivity index (χ1v) is 11.8. The summed E-state index contributed by atoms with van der Waals surface area (Å²) in [4.78, 5) is 12.0. The van der Waals surface area contributed by atoms with Crippen molar-refractivity contribution < 1.29 is 13.2 Å². The predicted octanol–water partition coefficient (Wildman–Crippen LogP) is 4.31. The van der Waals surface area contributed by atoms with Crippen LogP contribution in [0.5, 0.6) is 0 Å². The molecule has 0 radical (unpaired) electrons. The zero-order valence-corrected chi connectivity index (χ0v) is 18.9. The van der Waals surface area contributed by atoms with Crippen molar-refractivity contribution in [3.05, 3.63) is 83.7 Å². The third kappa shape index (κ3) is 6.54. The van der Waals surface area contributed by atoms with Crippen molar-refractivity contribution in [3.8, 4) is 0 Å². The minimum atomic E-state index is -3.67. The molecule has 164 valence electrons. The number of rotatable bonds is 9. The number of carbonyl (C=O) groups is 1. The molecule has 31 heavy (non-hydrogen) atoms. The Labute approximate surface area is 184 Å². The maximum absolute atomic E-state index is 12.7. The van der Waals surface area contributed by atoms with E-state index in [0.29, 0.717) is 18.7 Å². The SMILES string of the molecule is Cc1ccc(Cn2cccc2CNS(=O)(=O)c2ccc(NC(=O)CC(C)C)cc2)cc1. The molecule has 2 aromatic carbocycles. The van der Waals surface area contributed by atoms with E-state index >= 15 is 0 Å². The molecule has 1 aromatic heterocycles. The summed E-state index contributed by atoms with van der Waals surface area (Å²) in [7, 11) is -3.67. The van der Waals surface area contributed by atoms with E-state index < -0.39 is 10.0 Å². The molecule has 0 aliphatic heterocycles. The number of hydrogen-bond acceptors (Lipinski definition) is 3. The lowest BCUT2D eigenvalue weighted by atomic mass is 10.1. The molecule has 0 unspecified atom stereocenters. The Bertz CT molecular complexity index is 1120. The highest BCUT2D eigenvalue weighted by Gasteiger charge is 2.15. The smallest absolute Gasteiger partial charge is 0.240 e. The summed E-state index contributed by atoms with van der Waals surface area (Å²) in [5.74, 6) is 0.173. The number of nitrogens with one attached hydrogen (secondary N) is 2. The molecule has 0 aliphatic carbocycles. The first kappa shape index (κ1) is 22.8. The first-order chi connectivity index (χ1) is 14.7. The van der Waals surface area contributed by atoms with Gasteiger partial charge in [0.1, 0.15) is 0 Å². The Hall–Kier alpha value is -2.90. The molecule has 0 spiro atoms. The van der Waals surface area contributed by atoms with E-state index in [1.54, 1.807) is 12.1 Å². The minimum absolute atomic E-state index is 0.0851. The van der Waals surface area contributed by atoms with E-state index in [4.69, 9.17) is 0 Å². The third-order valence-electron chi connectivity index (χ3n) is 4.88. The lowest BCUT2D eigenvalue weighted by molar-refractivity contribution is -0.116. The molecular formula is C24H29N3O3S. The number of hydrogen-bond donors (Lipinski definition) is 2. The van der Waals surface area contributed by atoms with Crippen LogP contribution < -0.4 is 10.0 Å². The van der Waals surface area contributed by atoms with Crippen LogP contribution in [-0.4, -0.2) is 18.9 Å². The van der Waals surface area contributed by atoms with Crippen LogP contribution >= 0.6 is 0 Å². The van der Waals surface area contributed by atoms with Gasteiger partial charge in [-0.25, -0.2) is 13.1 Å². The molecule has 2 N–H and O–H groups in total. The van der Waals surface area contributed by atoms with Gasteiger partial charge in [-0.05, 0) is 54.8 Å². The molecule has 0 saturated heterocycles. The van der Waals surface area contributed by atoms with Crippen molar-refractivity contribution in [2.24, 2.45) is 5.92 Å². The van der Waals surface area contributed by atoms with E-state index in [9.17, 15) is 13.2 Å². The van der Waals surface area contributed by atoms with Gasteiger partial charge in [0, 0.05) is 30.5 Å². The number of aromatic nitrogens is 1. The second-order valence-electron chi connectivity index (χ2n) is 8.11. The van der Waals surface area contributed by atoms with Gasteiger partial charge in [0.15, 0.2) is 0 Å². The topological polar surface area (TPSA) is 80.2 Å². The number of anilines is 1. The number of sulfonamides is 1. The van der Waals surface area contributed by atoms with Gasteiger partial charge in [0.2, 0.25) is 15.9 Å². The van der Waals surface area contributed by atoms with Crippen molar-refractivity contribution in [2.45, 2.75) is 45.2 Å². The summed E-state index contributed by atoms with van der Waals surface area (Å²) >= 11 is 0. The molecule has 0 atom stereocenters. The van der Waals surface area contributed by atoms with E-state index in [2.05, 4.69) is 34.3 Å². The fourth-order valence-electron chi connectivity index (χ4n) is 3.21. The molecule has 3 aromatic rings. The fourth-order valence-corrected chi connectivity index (χ4v) is 4.21. The molecule has 0 fully saturated rings. The summed E-state index contributed by atoms with van der Waals surface area (Å²) in [5, 5.41) is 2.78. The quantitative estimate of drug-likeness (QED) is 0.521. The van der Waals surface area contributed by atoms with Gasteiger partial charge in [-0.3, -0.25) is 4.79 Å². The Morgan fingerprint density at radius 3 is 2.32 bits per heavy atom. The third-order valence-corrected chi connectivity index (χ3v) is 6.30. The van der Waals surface area contributed by atoms with Crippen molar-refractivity contribution >= 4 is 21.6 Å². The van der Waals surface area contributed by atoms with Crippen LogP contribution in [0.15, 0.2) is 71.8 Å². The number of nitrogens with zero attached hydrogens (tertiary/aromatic N) is 1. The number of amides is 1. The number of benzene rings is 2. The van der Waals surface area contributed by atoms with Crippen LogP contribution in [0.2, 0.25) is 0 Å². The number of carbonyl (C=O) groups excluding carboxylic acids is 1. The molecule has 0 bridgehead atoms. The zero-order chi connectivity index (χ0) is 22.4. The van der Waals surface area contributed by atoms with Crippen molar-refractivity contribution in [3.63, 3.8) is 0 Å². The maximum atomic E-state index is 12.7. The second kappa shape index (κ2) is 9.94. The fraction of sp³-hybridized carbons (Fsp3) is 0.292. The molecule has 1 heterocycles. The zero-order valence-electron chi connectivity index (χ0n) is 18.1. The average molecular weight is 440 g/mol. The lowest BCUT2D eigenvalue weighted by Gasteiger charge is -2.12. The van der Waals surface area contributed by atoms with E-state index in [1.165, 1.54) is 17.7 Å². The summed E-state index contributed by atoms with van der Waals surface area (Å²) < 4.78 is 30.1. The summed E-state index contributed by atoms with van der Waals surface area (Å²) in [6.07, 6.45) is 2.36. The van der Waals surface area contributed by atoms with Gasteiger partial charge in [-0.2, -0.15) is 0 Å². The molecule has 7 heteroatoms. The average Bonchev–Trinajstić information content (AvgIpc) is 3.15. The molecule has 0 saturated carbocycles. The van der Waals surface area contributed by atoms with Crippen molar-refractivity contribution in [2.75, 3.05) is 5.32 Å². The Kier molecular flexibility index (Phi) is 7.30. The normalized spacial score (nSPS) is 11.6. The van der Waals surface area contributed by atoms with E-state index in [1.807, 2.05) is 43.7 Å². The maximum Gasteiger partial charge on any atom is 0.240 e. The highest BCUT2D eigenvalue weighted by Crippen LogP contribution is 2.16. The van der Waals surface area contributed by atoms with Gasteiger partial charge in [0.25, 0.3) is 0 Å². The second-order valence-corrected chi connectivity index (χ2v) is 9.88. The van der Waals surface area contributed by atoms with Gasteiger partial charge < -0.3 is 9.88 Å². The minimum Gasteiger partial charge on any atom is -0.346 e. The van der Waals surface area contributed by atoms with Crippen LogP contribution in [-0.2, 0) is 27.9 Å². The first-order valence-electron chi connectivity index (χ1n) is 10.3. The Morgan fingerprint density at radius 1 is 1.00 bits per heavy atom. The Balaban J connectivity index is 1.62. The Morgan fingerprint density at radius 2 is 1.68 bits per heavy atom. The summed E-state index contributed by atoms with van der Waals surface area (Å²) in [6, 6.07) is 18.3. The van der Waals surface area contributed by atoms with Gasteiger partial charge in [-0.15, -0.1) is 0 Å². The standard InChI is InChI=1S/C24H29N3O3S/c1-18(2)15-24(28)26-21-10-12-23(13-11-21)31(29,30)25-16-22-5-4-14-27(22)17-20-8-6-19(3)7-9-20/h4-14,18,25H,15-17H2,1-3H3,(H,26,28). The van der Waals surface area contributed by atoms with Crippen LogP contribution in [0.25, 0.3) is 0 Å². The summed E-state index contributed by atoms with van der Waals surface area (Å²) in [6.45, 7) is 6.85. The lowest BCUT2D eigenvalue weighted by Crippen LogP contribution is -2.24. The predicted molar refractivity (Wildman–Crippen MR) is 123 cm³/mol. The largest absolute Gasteiger partial charge is 0.346 e.